The van der Waals surface area contributed by atoms with Gasteiger partial charge in [0.05, 0.1) is 12.2 Å². The van der Waals surface area contributed by atoms with E-state index in [2.05, 4.69) is 25.2 Å². The molecule has 0 radical (unpaired) electrons. The summed E-state index contributed by atoms with van der Waals surface area (Å²) in [4.78, 5) is 15.0. The predicted molar refractivity (Wildman–Crippen MR) is 115 cm³/mol. The van der Waals surface area contributed by atoms with Gasteiger partial charge in [-0.15, -0.1) is 0 Å². The van der Waals surface area contributed by atoms with Crippen molar-refractivity contribution in [3.63, 3.8) is 0 Å². The molecular formula is C24H32N2O2. The first kappa shape index (κ1) is 20.2. The standard InChI is InChI=1S/C24H32N2O2/c1-4-6-7-8-13-18-28-22-17-12-10-15-20(22)24(3)25-21-16-11-9-14-19(21)23(27)26(24)5-2/h9-12,14-17,25H,4-8,13,18H2,1-3H3. The monoisotopic (exact) mass is 380 g/mol. The Morgan fingerprint density at radius 3 is 2.46 bits per heavy atom. The van der Waals surface area contributed by atoms with Crippen LogP contribution in [0.25, 0.3) is 0 Å². The van der Waals surface area contributed by atoms with E-state index < -0.39 is 5.66 Å². The van der Waals surface area contributed by atoms with Crippen molar-refractivity contribution in [1.29, 1.82) is 0 Å². The van der Waals surface area contributed by atoms with E-state index in [0.29, 0.717) is 13.2 Å². The fourth-order valence-electron chi connectivity index (χ4n) is 4.01. The van der Waals surface area contributed by atoms with Crippen molar-refractivity contribution < 1.29 is 9.53 Å². The Bertz CT molecular complexity index is 805. The summed E-state index contributed by atoms with van der Waals surface area (Å²) >= 11 is 0. The summed E-state index contributed by atoms with van der Waals surface area (Å²) in [6.45, 7) is 7.62. The van der Waals surface area contributed by atoms with E-state index in [1.165, 1.54) is 25.7 Å². The molecule has 0 aliphatic carbocycles. The summed E-state index contributed by atoms with van der Waals surface area (Å²) in [6.07, 6.45) is 6.04. The first-order valence-electron chi connectivity index (χ1n) is 10.5. The zero-order valence-electron chi connectivity index (χ0n) is 17.3. The average Bonchev–Trinajstić information content (AvgIpc) is 2.71. The minimum atomic E-state index is -0.654. The van der Waals surface area contributed by atoms with Crippen molar-refractivity contribution in [2.24, 2.45) is 0 Å². The number of ether oxygens (including phenoxy) is 1. The molecular weight excluding hydrogens is 348 g/mol. The molecule has 0 saturated heterocycles. The van der Waals surface area contributed by atoms with Gasteiger partial charge in [-0.05, 0) is 38.5 Å². The number of carbonyl (C=O) groups excluding carboxylic acids is 1. The minimum absolute atomic E-state index is 0.0497. The first-order chi connectivity index (χ1) is 13.6. The Hall–Kier alpha value is -2.49. The van der Waals surface area contributed by atoms with Crippen LogP contribution >= 0.6 is 0 Å². The lowest BCUT2D eigenvalue weighted by molar-refractivity contribution is 0.0547. The van der Waals surface area contributed by atoms with Crippen LogP contribution in [0.2, 0.25) is 0 Å². The number of nitrogens with one attached hydrogen (secondary N) is 1. The number of unbranched alkanes of at least 4 members (excludes halogenated alkanes) is 4. The lowest BCUT2D eigenvalue weighted by atomic mass is 9.93. The average molecular weight is 381 g/mol. The number of carbonyl (C=O) groups is 1. The molecule has 1 amide bonds. The highest BCUT2D eigenvalue weighted by atomic mass is 16.5. The fraction of sp³-hybridized carbons (Fsp3) is 0.458. The van der Waals surface area contributed by atoms with Gasteiger partial charge in [0.25, 0.3) is 5.91 Å². The van der Waals surface area contributed by atoms with Gasteiger partial charge in [-0.25, -0.2) is 0 Å². The Kier molecular flexibility index (Phi) is 6.61. The number of nitrogens with zero attached hydrogens (tertiary/aromatic N) is 1. The summed E-state index contributed by atoms with van der Waals surface area (Å²) in [5, 5.41) is 3.60. The number of para-hydroxylation sites is 2. The van der Waals surface area contributed by atoms with E-state index in [1.807, 2.05) is 54.3 Å². The Balaban J connectivity index is 1.84. The molecule has 0 fully saturated rings. The number of benzene rings is 2. The van der Waals surface area contributed by atoms with E-state index in [9.17, 15) is 4.79 Å². The fourth-order valence-corrected chi connectivity index (χ4v) is 4.01. The van der Waals surface area contributed by atoms with Gasteiger partial charge in [0, 0.05) is 17.8 Å². The van der Waals surface area contributed by atoms with Crippen LogP contribution in [-0.4, -0.2) is 24.0 Å². The summed E-state index contributed by atoms with van der Waals surface area (Å²) in [5.74, 6) is 0.896. The molecule has 28 heavy (non-hydrogen) atoms. The lowest BCUT2D eigenvalue weighted by Gasteiger charge is -2.46. The predicted octanol–water partition coefficient (Wildman–Crippen LogP) is 5.80. The maximum Gasteiger partial charge on any atom is 0.258 e. The van der Waals surface area contributed by atoms with E-state index >= 15 is 0 Å². The number of hydrogen-bond acceptors (Lipinski definition) is 3. The molecule has 3 rings (SSSR count). The largest absolute Gasteiger partial charge is 0.493 e. The second-order valence-corrected chi connectivity index (χ2v) is 7.55. The van der Waals surface area contributed by atoms with Crippen molar-refractivity contribution in [2.45, 2.75) is 58.5 Å². The molecule has 1 atom stereocenters. The maximum atomic E-state index is 13.2. The Labute approximate surface area is 168 Å². The van der Waals surface area contributed by atoms with Gasteiger partial charge in [0.1, 0.15) is 11.4 Å². The summed E-state index contributed by atoms with van der Waals surface area (Å²) in [7, 11) is 0. The molecule has 0 spiro atoms. The molecule has 0 aromatic heterocycles. The maximum absolute atomic E-state index is 13.2. The highest BCUT2D eigenvalue weighted by Crippen LogP contribution is 2.41. The highest BCUT2D eigenvalue weighted by molar-refractivity contribution is 6.02. The Morgan fingerprint density at radius 1 is 0.964 bits per heavy atom. The third kappa shape index (κ3) is 4.01. The van der Waals surface area contributed by atoms with Crippen LogP contribution in [0.5, 0.6) is 5.75 Å². The van der Waals surface area contributed by atoms with Crippen molar-refractivity contribution in [3.8, 4) is 5.75 Å². The quantitative estimate of drug-likeness (QED) is 0.559. The number of anilines is 1. The first-order valence-corrected chi connectivity index (χ1v) is 10.5. The smallest absolute Gasteiger partial charge is 0.258 e. The number of hydrogen-bond donors (Lipinski definition) is 1. The molecule has 1 heterocycles. The van der Waals surface area contributed by atoms with E-state index in [4.69, 9.17) is 4.74 Å². The van der Waals surface area contributed by atoms with Gasteiger partial charge < -0.3 is 15.0 Å². The number of fused-ring (bicyclic) bond motifs is 1. The van der Waals surface area contributed by atoms with Gasteiger partial charge in [-0.1, -0.05) is 62.9 Å². The molecule has 0 bridgehead atoms. The summed E-state index contributed by atoms with van der Waals surface area (Å²) in [6, 6.07) is 15.8. The topological polar surface area (TPSA) is 41.6 Å². The molecule has 2 aromatic rings. The van der Waals surface area contributed by atoms with Crippen molar-refractivity contribution in [2.75, 3.05) is 18.5 Å². The number of rotatable bonds is 9. The number of amides is 1. The molecule has 2 aromatic carbocycles. The SMILES string of the molecule is CCCCCCCOc1ccccc1C1(C)Nc2ccccc2C(=O)N1CC. The third-order valence-electron chi connectivity index (χ3n) is 5.55. The van der Waals surface area contributed by atoms with E-state index in [0.717, 1.165) is 29.0 Å². The minimum Gasteiger partial charge on any atom is -0.493 e. The second-order valence-electron chi connectivity index (χ2n) is 7.55. The molecule has 150 valence electrons. The zero-order valence-corrected chi connectivity index (χ0v) is 17.3. The molecule has 1 N–H and O–H groups in total. The molecule has 0 saturated carbocycles. The molecule has 1 aliphatic heterocycles. The molecule has 1 unspecified atom stereocenters. The van der Waals surface area contributed by atoms with Crippen LogP contribution < -0.4 is 10.1 Å². The van der Waals surface area contributed by atoms with Gasteiger partial charge >= 0.3 is 0 Å². The van der Waals surface area contributed by atoms with Crippen LogP contribution in [-0.2, 0) is 5.66 Å². The van der Waals surface area contributed by atoms with Gasteiger partial charge in [-0.3, -0.25) is 4.79 Å². The van der Waals surface area contributed by atoms with Crippen LogP contribution in [0.15, 0.2) is 48.5 Å². The van der Waals surface area contributed by atoms with Gasteiger partial charge in [0.2, 0.25) is 0 Å². The van der Waals surface area contributed by atoms with Crippen LogP contribution in [0, 0.1) is 0 Å². The van der Waals surface area contributed by atoms with E-state index in [1.54, 1.807) is 0 Å². The van der Waals surface area contributed by atoms with Crippen molar-refractivity contribution in [3.05, 3.63) is 59.7 Å². The molecule has 4 nitrogen and oxygen atoms in total. The highest BCUT2D eigenvalue weighted by Gasteiger charge is 2.43. The third-order valence-corrected chi connectivity index (χ3v) is 5.55. The zero-order chi connectivity index (χ0) is 20.0. The summed E-state index contributed by atoms with van der Waals surface area (Å²) in [5.41, 5.74) is 1.93. The van der Waals surface area contributed by atoms with Crippen LogP contribution in [0.3, 0.4) is 0 Å². The second kappa shape index (κ2) is 9.13. The Morgan fingerprint density at radius 2 is 1.68 bits per heavy atom. The van der Waals surface area contributed by atoms with Gasteiger partial charge in [-0.2, -0.15) is 0 Å². The van der Waals surface area contributed by atoms with Crippen molar-refractivity contribution in [1.82, 2.24) is 4.90 Å². The van der Waals surface area contributed by atoms with Crippen LogP contribution in [0.4, 0.5) is 5.69 Å². The normalized spacial score (nSPS) is 18.5. The molecule has 4 heteroatoms. The van der Waals surface area contributed by atoms with E-state index in [-0.39, 0.29) is 5.91 Å². The summed E-state index contributed by atoms with van der Waals surface area (Å²) < 4.78 is 6.17. The van der Waals surface area contributed by atoms with Crippen molar-refractivity contribution >= 4 is 11.6 Å². The van der Waals surface area contributed by atoms with Crippen LogP contribution in [0.1, 0.15) is 68.8 Å². The van der Waals surface area contributed by atoms with Gasteiger partial charge in [0.15, 0.2) is 0 Å². The lowest BCUT2D eigenvalue weighted by Crippen LogP contribution is -2.55. The molecule has 1 aliphatic rings.